The first-order valence-electron chi connectivity index (χ1n) is 7.46. The molecule has 1 aliphatic carbocycles. The highest BCUT2D eigenvalue weighted by molar-refractivity contribution is 14.1. The van der Waals surface area contributed by atoms with E-state index in [1.54, 1.807) is 7.11 Å². The van der Waals surface area contributed by atoms with E-state index in [1.165, 1.54) is 19.3 Å². The standard InChI is InChI=1S/C15H24IN3O/c1-4-10-17-13-12(16)11(2)18-14(19-13)15(20-3)8-6-5-7-9-15/h4-10H2,1-3H3,(H,17,18,19). The third kappa shape index (κ3) is 3.24. The van der Waals surface area contributed by atoms with E-state index in [9.17, 15) is 0 Å². The fourth-order valence-electron chi connectivity index (χ4n) is 2.77. The summed E-state index contributed by atoms with van der Waals surface area (Å²) < 4.78 is 6.98. The lowest BCUT2D eigenvalue weighted by molar-refractivity contribution is -0.0515. The summed E-state index contributed by atoms with van der Waals surface area (Å²) in [4.78, 5) is 9.51. The predicted octanol–water partition coefficient (Wildman–Crippen LogP) is 4.02. The van der Waals surface area contributed by atoms with Crippen LogP contribution in [0.25, 0.3) is 0 Å². The van der Waals surface area contributed by atoms with E-state index in [1.807, 2.05) is 0 Å². The van der Waals surface area contributed by atoms with Gasteiger partial charge in [-0.15, -0.1) is 0 Å². The lowest BCUT2D eigenvalue weighted by Crippen LogP contribution is -2.34. The minimum Gasteiger partial charge on any atom is -0.370 e. The van der Waals surface area contributed by atoms with Crippen LogP contribution in [-0.2, 0) is 10.3 Å². The fourth-order valence-corrected chi connectivity index (χ4v) is 3.20. The van der Waals surface area contributed by atoms with Crippen molar-refractivity contribution in [2.24, 2.45) is 0 Å². The highest BCUT2D eigenvalue weighted by atomic mass is 127. The van der Waals surface area contributed by atoms with E-state index < -0.39 is 0 Å². The molecule has 1 aromatic rings. The molecule has 1 aliphatic rings. The molecular formula is C15H24IN3O. The zero-order valence-electron chi connectivity index (χ0n) is 12.6. The summed E-state index contributed by atoms with van der Waals surface area (Å²) >= 11 is 2.32. The predicted molar refractivity (Wildman–Crippen MR) is 90.0 cm³/mol. The number of nitrogens with zero attached hydrogens (tertiary/aromatic N) is 2. The second-order valence-electron chi connectivity index (χ2n) is 5.48. The number of halogens is 1. The van der Waals surface area contributed by atoms with Crippen LogP contribution in [0.2, 0.25) is 0 Å². The topological polar surface area (TPSA) is 47.0 Å². The Balaban J connectivity index is 2.37. The van der Waals surface area contributed by atoms with Crippen LogP contribution in [0.4, 0.5) is 5.82 Å². The summed E-state index contributed by atoms with van der Waals surface area (Å²) in [7, 11) is 1.79. The van der Waals surface area contributed by atoms with Crippen molar-refractivity contribution in [2.75, 3.05) is 19.0 Å². The van der Waals surface area contributed by atoms with Crippen LogP contribution in [0.15, 0.2) is 0 Å². The van der Waals surface area contributed by atoms with Crippen LogP contribution in [0, 0.1) is 10.5 Å². The maximum absolute atomic E-state index is 5.86. The molecule has 0 unspecified atom stereocenters. The maximum Gasteiger partial charge on any atom is 0.162 e. The molecule has 0 spiro atoms. The van der Waals surface area contributed by atoms with Crippen molar-refractivity contribution in [3.05, 3.63) is 15.1 Å². The van der Waals surface area contributed by atoms with E-state index in [2.05, 4.69) is 41.8 Å². The minimum absolute atomic E-state index is 0.282. The first-order valence-corrected chi connectivity index (χ1v) is 8.54. The smallest absolute Gasteiger partial charge is 0.162 e. The molecule has 0 bridgehead atoms. The SMILES string of the molecule is CCCNc1nc(C2(OC)CCCCC2)nc(C)c1I. The molecule has 0 saturated heterocycles. The number of ether oxygens (including phenoxy) is 1. The quantitative estimate of drug-likeness (QED) is 0.773. The molecular weight excluding hydrogens is 365 g/mol. The van der Waals surface area contributed by atoms with Gasteiger partial charge in [0, 0.05) is 13.7 Å². The minimum atomic E-state index is -0.282. The number of hydrogen-bond acceptors (Lipinski definition) is 4. The lowest BCUT2D eigenvalue weighted by atomic mass is 9.84. The van der Waals surface area contributed by atoms with Gasteiger partial charge in [0.2, 0.25) is 0 Å². The van der Waals surface area contributed by atoms with Crippen LogP contribution in [-0.4, -0.2) is 23.6 Å². The van der Waals surface area contributed by atoms with Gasteiger partial charge >= 0.3 is 0 Å². The van der Waals surface area contributed by atoms with Crippen LogP contribution < -0.4 is 5.32 Å². The van der Waals surface area contributed by atoms with Crippen molar-refractivity contribution in [1.29, 1.82) is 0 Å². The van der Waals surface area contributed by atoms with Crippen molar-refractivity contribution < 1.29 is 4.74 Å². The molecule has 5 heteroatoms. The third-order valence-corrected chi connectivity index (χ3v) is 5.31. The maximum atomic E-state index is 5.86. The van der Waals surface area contributed by atoms with E-state index >= 15 is 0 Å². The monoisotopic (exact) mass is 389 g/mol. The van der Waals surface area contributed by atoms with E-state index in [-0.39, 0.29) is 5.60 Å². The molecule has 0 radical (unpaired) electrons. The van der Waals surface area contributed by atoms with Gasteiger partial charge in [-0.1, -0.05) is 26.2 Å². The van der Waals surface area contributed by atoms with Gasteiger partial charge in [0.1, 0.15) is 11.4 Å². The molecule has 1 heterocycles. The Morgan fingerprint density at radius 2 is 1.95 bits per heavy atom. The number of rotatable bonds is 5. The van der Waals surface area contributed by atoms with Gasteiger partial charge in [-0.25, -0.2) is 9.97 Å². The summed E-state index contributed by atoms with van der Waals surface area (Å²) in [5, 5.41) is 3.41. The molecule has 0 aliphatic heterocycles. The zero-order valence-corrected chi connectivity index (χ0v) is 14.8. The zero-order chi connectivity index (χ0) is 14.6. The fraction of sp³-hybridized carbons (Fsp3) is 0.733. The third-order valence-electron chi connectivity index (χ3n) is 4.02. The number of anilines is 1. The van der Waals surface area contributed by atoms with Gasteiger partial charge in [0.05, 0.1) is 9.26 Å². The van der Waals surface area contributed by atoms with Crippen LogP contribution in [0.5, 0.6) is 0 Å². The Bertz CT molecular complexity index is 459. The van der Waals surface area contributed by atoms with Crippen LogP contribution >= 0.6 is 22.6 Å². The van der Waals surface area contributed by atoms with Crippen molar-refractivity contribution in [3.63, 3.8) is 0 Å². The summed E-state index contributed by atoms with van der Waals surface area (Å²) in [5.74, 6) is 1.81. The number of methoxy groups -OCH3 is 1. The molecule has 20 heavy (non-hydrogen) atoms. The Hall–Kier alpha value is -0.430. The van der Waals surface area contributed by atoms with Crippen molar-refractivity contribution in [2.45, 2.75) is 58.0 Å². The van der Waals surface area contributed by atoms with E-state index in [4.69, 9.17) is 14.7 Å². The summed E-state index contributed by atoms with van der Waals surface area (Å²) in [5.41, 5.74) is 0.756. The second-order valence-corrected chi connectivity index (χ2v) is 6.56. The first kappa shape index (κ1) is 15.9. The molecule has 4 nitrogen and oxygen atoms in total. The number of aromatic nitrogens is 2. The van der Waals surface area contributed by atoms with Crippen molar-refractivity contribution in [1.82, 2.24) is 9.97 Å². The molecule has 1 saturated carbocycles. The molecule has 0 atom stereocenters. The molecule has 1 aromatic heterocycles. The van der Waals surface area contributed by atoms with Crippen LogP contribution in [0.3, 0.4) is 0 Å². The molecule has 0 amide bonds. The normalized spacial score (nSPS) is 18.0. The summed E-state index contributed by atoms with van der Waals surface area (Å²) in [6.07, 6.45) is 6.81. The van der Waals surface area contributed by atoms with Gasteiger partial charge in [-0.2, -0.15) is 0 Å². The lowest BCUT2D eigenvalue weighted by Gasteiger charge is -2.34. The highest BCUT2D eigenvalue weighted by Gasteiger charge is 2.37. The van der Waals surface area contributed by atoms with Gasteiger partial charge in [-0.3, -0.25) is 0 Å². The number of nitrogens with one attached hydrogen (secondary N) is 1. The Labute approximate surface area is 135 Å². The van der Waals surface area contributed by atoms with Gasteiger partial charge in [0.15, 0.2) is 5.82 Å². The van der Waals surface area contributed by atoms with E-state index in [0.717, 1.165) is 46.7 Å². The Kier molecular flexibility index (Phi) is 5.60. The Morgan fingerprint density at radius 3 is 2.55 bits per heavy atom. The highest BCUT2D eigenvalue weighted by Crippen LogP contribution is 2.39. The second kappa shape index (κ2) is 7.02. The molecule has 2 rings (SSSR count). The van der Waals surface area contributed by atoms with Crippen LogP contribution in [0.1, 0.15) is 57.0 Å². The largest absolute Gasteiger partial charge is 0.370 e. The van der Waals surface area contributed by atoms with Crippen molar-refractivity contribution in [3.8, 4) is 0 Å². The van der Waals surface area contributed by atoms with Crippen molar-refractivity contribution >= 4 is 28.4 Å². The first-order chi connectivity index (χ1) is 9.63. The Morgan fingerprint density at radius 1 is 1.25 bits per heavy atom. The van der Waals surface area contributed by atoms with Gasteiger partial charge in [-0.05, 0) is 48.8 Å². The number of aryl methyl sites for hydroxylation is 1. The molecule has 112 valence electrons. The average molecular weight is 389 g/mol. The summed E-state index contributed by atoms with van der Waals surface area (Å²) in [6, 6.07) is 0. The van der Waals surface area contributed by atoms with Gasteiger partial charge < -0.3 is 10.1 Å². The van der Waals surface area contributed by atoms with E-state index in [0.29, 0.717) is 0 Å². The summed E-state index contributed by atoms with van der Waals surface area (Å²) in [6.45, 7) is 5.15. The average Bonchev–Trinajstić information content (AvgIpc) is 2.49. The molecule has 0 aromatic carbocycles. The number of hydrogen-bond donors (Lipinski definition) is 1. The molecule has 1 N–H and O–H groups in total. The van der Waals surface area contributed by atoms with Gasteiger partial charge in [0.25, 0.3) is 0 Å². The molecule has 1 fully saturated rings.